The molecule has 0 rings (SSSR count). The molecule has 8 heavy (non-hydrogen) atoms. The van der Waals surface area contributed by atoms with E-state index in [4.69, 9.17) is 4.74 Å². The number of hydrogen-bond acceptors (Lipinski definition) is 1. The van der Waals surface area contributed by atoms with Gasteiger partial charge in [-0.1, -0.05) is 13.8 Å². The fourth-order valence-electron chi connectivity index (χ4n) is 0.760. The molecule has 0 radical (unpaired) electrons. The standard InChI is InChI=1S/C7H16O/c1-6(2)5-7(3)8-4/h6-7H,5H2,1-4H3/t7-/m1/s1. The van der Waals surface area contributed by atoms with Gasteiger partial charge >= 0.3 is 0 Å². The number of methoxy groups -OCH3 is 1. The van der Waals surface area contributed by atoms with Crippen LogP contribution in [0.2, 0.25) is 0 Å². The lowest BCUT2D eigenvalue weighted by Crippen LogP contribution is -2.07. The van der Waals surface area contributed by atoms with Gasteiger partial charge in [-0.2, -0.15) is 0 Å². The van der Waals surface area contributed by atoms with Gasteiger partial charge in [-0.25, -0.2) is 0 Å². The van der Waals surface area contributed by atoms with E-state index in [1.807, 2.05) is 0 Å². The van der Waals surface area contributed by atoms with Gasteiger partial charge in [0.25, 0.3) is 0 Å². The minimum Gasteiger partial charge on any atom is -0.382 e. The van der Waals surface area contributed by atoms with Crippen molar-refractivity contribution >= 4 is 0 Å². The normalized spacial score (nSPS) is 14.6. The summed E-state index contributed by atoms with van der Waals surface area (Å²) in [5.41, 5.74) is 0. The second-order valence-electron chi connectivity index (χ2n) is 2.68. The Hall–Kier alpha value is -0.0400. The van der Waals surface area contributed by atoms with Crippen molar-refractivity contribution in [3.63, 3.8) is 0 Å². The molecule has 0 saturated heterocycles. The van der Waals surface area contributed by atoms with E-state index < -0.39 is 0 Å². The average Bonchev–Trinajstić information content (AvgIpc) is 1.65. The Bertz CT molecular complexity index is 50.3. The molecule has 0 aromatic heterocycles. The van der Waals surface area contributed by atoms with Crippen molar-refractivity contribution in [1.82, 2.24) is 0 Å². The SMILES string of the molecule is CO[C@H](C)CC(C)C. The maximum absolute atomic E-state index is 5.06. The number of hydrogen-bond donors (Lipinski definition) is 0. The first kappa shape index (κ1) is 7.96. The van der Waals surface area contributed by atoms with E-state index in [0.29, 0.717) is 6.10 Å². The van der Waals surface area contributed by atoms with Gasteiger partial charge in [-0.05, 0) is 19.3 Å². The van der Waals surface area contributed by atoms with Crippen LogP contribution in [0, 0.1) is 5.92 Å². The molecule has 0 unspecified atom stereocenters. The summed E-state index contributed by atoms with van der Waals surface area (Å²) in [5, 5.41) is 0. The first-order valence-electron chi connectivity index (χ1n) is 3.19. The Labute approximate surface area is 52.0 Å². The van der Waals surface area contributed by atoms with Gasteiger partial charge in [0.2, 0.25) is 0 Å². The molecule has 0 aliphatic heterocycles. The molecule has 0 amide bonds. The molecule has 0 bridgehead atoms. The van der Waals surface area contributed by atoms with Crippen LogP contribution in [0.1, 0.15) is 27.2 Å². The van der Waals surface area contributed by atoms with Crippen LogP contribution in [-0.4, -0.2) is 13.2 Å². The predicted octanol–water partition coefficient (Wildman–Crippen LogP) is 2.07. The second-order valence-corrected chi connectivity index (χ2v) is 2.68. The van der Waals surface area contributed by atoms with E-state index >= 15 is 0 Å². The molecule has 0 aromatic carbocycles. The van der Waals surface area contributed by atoms with Crippen molar-refractivity contribution in [2.24, 2.45) is 5.92 Å². The Balaban J connectivity index is 3.10. The molecule has 0 fully saturated rings. The van der Waals surface area contributed by atoms with E-state index in [1.54, 1.807) is 7.11 Å². The number of ether oxygens (including phenoxy) is 1. The molecule has 0 heterocycles. The molecule has 0 aliphatic carbocycles. The minimum absolute atomic E-state index is 0.426. The average molecular weight is 116 g/mol. The zero-order valence-corrected chi connectivity index (χ0v) is 6.27. The van der Waals surface area contributed by atoms with Crippen LogP contribution in [0.3, 0.4) is 0 Å². The second kappa shape index (κ2) is 3.90. The van der Waals surface area contributed by atoms with Gasteiger partial charge in [0, 0.05) is 7.11 Å². The van der Waals surface area contributed by atoms with Gasteiger partial charge in [-0.3, -0.25) is 0 Å². The van der Waals surface area contributed by atoms with Crippen LogP contribution in [0.5, 0.6) is 0 Å². The Kier molecular flexibility index (Phi) is 3.88. The maximum Gasteiger partial charge on any atom is 0.0545 e. The quantitative estimate of drug-likeness (QED) is 0.548. The summed E-state index contributed by atoms with van der Waals surface area (Å²) in [7, 11) is 1.76. The number of rotatable bonds is 3. The van der Waals surface area contributed by atoms with Gasteiger partial charge in [0.15, 0.2) is 0 Å². The van der Waals surface area contributed by atoms with E-state index in [2.05, 4.69) is 20.8 Å². The fraction of sp³-hybridized carbons (Fsp3) is 1.00. The zero-order valence-electron chi connectivity index (χ0n) is 6.27. The molecule has 1 nitrogen and oxygen atoms in total. The van der Waals surface area contributed by atoms with E-state index in [1.165, 1.54) is 0 Å². The van der Waals surface area contributed by atoms with Crippen molar-refractivity contribution in [3.8, 4) is 0 Å². The Morgan fingerprint density at radius 2 is 1.75 bits per heavy atom. The van der Waals surface area contributed by atoms with Gasteiger partial charge in [-0.15, -0.1) is 0 Å². The summed E-state index contributed by atoms with van der Waals surface area (Å²) in [4.78, 5) is 0. The first-order chi connectivity index (χ1) is 3.66. The molecule has 1 heteroatoms. The van der Waals surface area contributed by atoms with E-state index in [9.17, 15) is 0 Å². The van der Waals surface area contributed by atoms with Gasteiger partial charge in [0.1, 0.15) is 0 Å². The van der Waals surface area contributed by atoms with Crippen molar-refractivity contribution in [1.29, 1.82) is 0 Å². The highest BCUT2D eigenvalue weighted by Crippen LogP contribution is 2.05. The summed E-state index contributed by atoms with van der Waals surface area (Å²) in [6.45, 7) is 6.50. The largest absolute Gasteiger partial charge is 0.382 e. The van der Waals surface area contributed by atoms with Crippen molar-refractivity contribution in [2.45, 2.75) is 33.3 Å². The van der Waals surface area contributed by atoms with E-state index in [-0.39, 0.29) is 0 Å². The smallest absolute Gasteiger partial charge is 0.0545 e. The third-order valence-electron chi connectivity index (χ3n) is 1.21. The highest BCUT2D eigenvalue weighted by molar-refractivity contribution is 4.51. The first-order valence-corrected chi connectivity index (χ1v) is 3.19. The Morgan fingerprint density at radius 3 is 1.88 bits per heavy atom. The maximum atomic E-state index is 5.06. The molecule has 0 spiro atoms. The molecule has 0 N–H and O–H groups in total. The highest BCUT2D eigenvalue weighted by atomic mass is 16.5. The van der Waals surface area contributed by atoms with Gasteiger partial charge < -0.3 is 4.74 Å². The van der Waals surface area contributed by atoms with Gasteiger partial charge in [0.05, 0.1) is 6.10 Å². The molecule has 0 aromatic rings. The molecule has 50 valence electrons. The summed E-state index contributed by atoms with van der Waals surface area (Å²) in [5.74, 6) is 0.755. The van der Waals surface area contributed by atoms with Crippen LogP contribution in [0.4, 0.5) is 0 Å². The minimum atomic E-state index is 0.426. The highest BCUT2D eigenvalue weighted by Gasteiger charge is 2.00. The monoisotopic (exact) mass is 116 g/mol. The lowest BCUT2D eigenvalue weighted by Gasteiger charge is -2.10. The van der Waals surface area contributed by atoms with Crippen LogP contribution in [0.25, 0.3) is 0 Å². The summed E-state index contributed by atoms with van der Waals surface area (Å²) in [6.07, 6.45) is 1.59. The summed E-state index contributed by atoms with van der Waals surface area (Å²) >= 11 is 0. The third-order valence-corrected chi connectivity index (χ3v) is 1.21. The molecular formula is C7H16O. The lowest BCUT2D eigenvalue weighted by atomic mass is 10.1. The van der Waals surface area contributed by atoms with E-state index in [0.717, 1.165) is 12.3 Å². The van der Waals surface area contributed by atoms with Crippen LogP contribution >= 0.6 is 0 Å². The fourth-order valence-corrected chi connectivity index (χ4v) is 0.760. The van der Waals surface area contributed by atoms with Crippen LogP contribution < -0.4 is 0 Å². The third kappa shape index (κ3) is 4.13. The summed E-state index contributed by atoms with van der Waals surface area (Å²) in [6, 6.07) is 0. The van der Waals surface area contributed by atoms with Crippen molar-refractivity contribution in [2.75, 3.05) is 7.11 Å². The van der Waals surface area contributed by atoms with Crippen LogP contribution in [-0.2, 0) is 4.74 Å². The molecule has 0 saturated carbocycles. The molecule has 0 aliphatic rings. The van der Waals surface area contributed by atoms with Crippen molar-refractivity contribution < 1.29 is 4.74 Å². The molecular weight excluding hydrogens is 100 g/mol. The Morgan fingerprint density at radius 1 is 1.25 bits per heavy atom. The predicted molar refractivity (Wildman–Crippen MR) is 35.9 cm³/mol. The lowest BCUT2D eigenvalue weighted by molar-refractivity contribution is 0.0997. The summed E-state index contributed by atoms with van der Waals surface area (Å²) < 4.78 is 5.06. The van der Waals surface area contributed by atoms with Crippen molar-refractivity contribution in [3.05, 3.63) is 0 Å². The molecule has 1 atom stereocenters. The zero-order chi connectivity index (χ0) is 6.57. The topological polar surface area (TPSA) is 9.23 Å². The van der Waals surface area contributed by atoms with Crippen LogP contribution in [0.15, 0.2) is 0 Å².